The first kappa shape index (κ1) is 11.7. The molecule has 0 radical (unpaired) electrons. The molecule has 2 aromatic rings. The van der Waals surface area contributed by atoms with Gasteiger partial charge in [-0.15, -0.1) is 0 Å². The van der Waals surface area contributed by atoms with E-state index in [-0.39, 0.29) is 5.54 Å². The highest BCUT2D eigenvalue weighted by Gasteiger charge is 2.36. The van der Waals surface area contributed by atoms with E-state index in [9.17, 15) is 0 Å². The average Bonchev–Trinajstić information content (AvgIpc) is 2.79. The number of aromatic nitrogens is 1. The number of nitrogens with two attached hydrogens (primary N) is 1. The summed E-state index contributed by atoms with van der Waals surface area (Å²) in [7, 11) is 0. The van der Waals surface area contributed by atoms with Crippen LogP contribution in [0.25, 0.3) is 11.1 Å². The van der Waals surface area contributed by atoms with E-state index in [4.69, 9.17) is 10.2 Å². The minimum absolute atomic E-state index is 0.363. The molecule has 1 saturated carbocycles. The van der Waals surface area contributed by atoms with Crippen LogP contribution in [0.4, 0.5) is 0 Å². The minimum Gasteiger partial charge on any atom is -0.438 e. The van der Waals surface area contributed by atoms with Crippen LogP contribution >= 0.6 is 0 Å². The van der Waals surface area contributed by atoms with Gasteiger partial charge in [-0.05, 0) is 50.2 Å². The van der Waals surface area contributed by atoms with Crippen LogP contribution in [0.2, 0.25) is 0 Å². The van der Waals surface area contributed by atoms with Crippen molar-refractivity contribution >= 4 is 11.1 Å². The highest BCUT2D eigenvalue weighted by atomic mass is 16.4. The van der Waals surface area contributed by atoms with E-state index in [1.807, 2.05) is 25.1 Å². The lowest BCUT2D eigenvalue weighted by atomic mass is 9.78. The molecule has 2 N–H and O–H groups in total. The lowest BCUT2D eigenvalue weighted by Crippen LogP contribution is -2.40. The molecule has 1 aliphatic rings. The second-order valence-electron chi connectivity index (χ2n) is 5.78. The van der Waals surface area contributed by atoms with Crippen molar-refractivity contribution in [3.05, 3.63) is 29.7 Å². The third-order valence-electron chi connectivity index (χ3n) is 4.20. The zero-order valence-corrected chi connectivity index (χ0v) is 11.1. The van der Waals surface area contributed by atoms with Crippen molar-refractivity contribution in [2.45, 2.75) is 45.1 Å². The van der Waals surface area contributed by atoms with Crippen LogP contribution in [0.15, 0.2) is 22.6 Å². The molecule has 3 rings (SSSR count). The van der Waals surface area contributed by atoms with E-state index in [2.05, 4.69) is 11.9 Å². The number of para-hydroxylation sites is 1. The van der Waals surface area contributed by atoms with Crippen molar-refractivity contribution in [3.63, 3.8) is 0 Å². The molecule has 0 saturated heterocycles. The normalized spacial score (nSPS) is 28.7. The van der Waals surface area contributed by atoms with Gasteiger partial charge in [0.1, 0.15) is 5.52 Å². The lowest BCUT2D eigenvalue weighted by molar-refractivity contribution is 0.209. The van der Waals surface area contributed by atoms with Gasteiger partial charge in [0.2, 0.25) is 5.89 Å². The fourth-order valence-corrected chi connectivity index (χ4v) is 2.79. The molecular formula is C15H20N2O. The molecule has 3 heteroatoms. The number of aryl methyl sites for hydroxylation is 1. The van der Waals surface area contributed by atoms with E-state index in [0.29, 0.717) is 0 Å². The fraction of sp³-hybridized carbons (Fsp3) is 0.533. The van der Waals surface area contributed by atoms with Crippen LogP contribution in [-0.2, 0) is 5.54 Å². The van der Waals surface area contributed by atoms with Gasteiger partial charge in [0.25, 0.3) is 0 Å². The Morgan fingerprint density at radius 3 is 2.72 bits per heavy atom. The largest absolute Gasteiger partial charge is 0.438 e. The first-order chi connectivity index (χ1) is 8.58. The van der Waals surface area contributed by atoms with Crippen molar-refractivity contribution in [2.75, 3.05) is 0 Å². The fourth-order valence-electron chi connectivity index (χ4n) is 2.79. The second kappa shape index (κ2) is 4.09. The number of hydrogen-bond donors (Lipinski definition) is 1. The third kappa shape index (κ3) is 1.83. The molecule has 96 valence electrons. The van der Waals surface area contributed by atoms with Crippen molar-refractivity contribution < 1.29 is 4.42 Å². The molecule has 0 amide bonds. The summed E-state index contributed by atoms with van der Waals surface area (Å²) in [6, 6.07) is 6.05. The first-order valence-electron chi connectivity index (χ1n) is 6.74. The third-order valence-corrected chi connectivity index (χ3v) is 4.20. The summed E-state index contributed by atoms with van der Waals surface area (Å²) in [6.45, 7) is 4.33. The van der Waals surface area contributed by atoms with E-state index in [1.165, 1.54) is 0 Å². The average molecular weight is 244 g/mol. The second-order valence-corrected chi connectivity index (χ2v) is 5.78. The SMILES string of the molecule is Cc1cccc2nc(C3(N)CCC(C)CC3)oc12. The van der Waals surface area contributed by atoms with Gasteiger partial charge < -0.3 is 10.2 Å². The molecule has 1 aromatic heterocycles. The van der Waals surface area contributed by atoms with Crippen LogP contribution < -0.4 is 5.73 Å². The maximum absolute atomic E-state index is 6.50. The summed E-state index contributed by atoms with van der Waals surface area (Å²) in [5.74, 6) is 1.49. The van der Waals surface area contributed by atoms with Crippen molar-refractivity contribution in [1.29, 1.82) is 0 Å². The lowest BCUT2D eigenvalue weighted by Gasteiger charge is -2.33. The predicted molar refractivity (Wildman–Crippen MR) is 72.2 cm³/mol. The molecule has 0 aliphatic heterocycles. The van der Waals surface area contributed by atoms with E-state index in [0.717, 1.165) is 54.2 Å². The van der Waals surface area contributed by atoms with Crippen LogP contribution in [0.5, 0.6) is 0 Å². The standard InChI is InChI=1S/C15H20N2O/c1-10-6-8-15(16,9-7-10)14-17-12-5-3-4-11(2)13(12)18-14/h3-5,10H,6-9,16H2,1-2H3. The Hall–Kier alpha value is -1.35. The van der Waals surface area contributed by atoms with Crippen LogP contribution in [-0.4, -0.2) is 4.98 Å². The molecule has 0 unspecified atom stereocenters. The van der Waals surface area contributed by atoms with E-state index in [1.54, 1.807) is 0 Å². The number of hydrogen-bond acceptors (Lipinski definition) is 3. The van der Waals surface area contributed by atoms with Gasteiger partial charge in [-0.25, -0.2) is 4.98 Å². The molecule has 0 atom stereocenters. The summed E-state index contributed by atoms with van der Waals surface area (Å²) < 4.78 is 5.94. The van der Waals surface area contributed by atoms with E-state index >= 15 is 0 Å². The van der Waals surface area contributed by atoms with Crippen LogP contribution in [0.3, 0.4) is 0 Å². The Balaban J connectivity index is 2.01. The smallest absolute Gasteiger partial charge is 0.215 e. The van der Waals surface area contributed by atoms with Gasteiger partial charge >= 0.3 is 0 Å². The maximum atomic E-state index is 6.50. The Morgan fingerprint density at radius 1 is 1.33 bits per heavy atom. The molecule has 1 aromatic carbocycles. The summed E-state index contributed by atoms with van der Waals surface area (Å²) in [5, 5.41) is 0. The molecule has 0 spiro atoms. The zero-order chi connectivity index (χ0) is 12.8. The van der Waals surface area contributed by atoms with Gasteiger partial charge in [-0.3, -0.25) is 0 Å². The summed E-state index contributed by atoms with van der Waals surface area (Å²) >= 11 is 0. The zero-order valence-electron chi connectivity index (χ0n) is 11.1. The van der Waals surface area contributed by atoms with Crippen molar-refractivity contribution in [1.82, 2.24) is 4.98 Å². The number of rotatable bonds is 1. The molecule has 0 bridgehead atoms. The van der Waals surface area contributed by atoms with Gasteiger partial charge in [-0.2, -0.15) is 0 Å². The first-order valence-corrected chi connectivity index (χ1v) is 6.74. The minimum atomic E-state index is -0.363. The topological polar surface area (TPSA) is 52.0 Å². The predicted octanol–water partition coefficient (Wildman–Crippen LogP) is 3.50. The maximum Gasteiger partial charge on any atom is 0.215 e. The number of fused-ring (bicyclic) bond motifs is 1. The van der Waals surface area contributed by atoms with Gasteiger partial charge in [-0.1, -0.05) is 19.1 Å². The monoisotopic (exact) mass is 244 g/mol. The number of oxazole rings is 1. The molecule has 18 heavy (non-hydrogen) atoms. The number of benzene rings is 1. The van der Waals surface area contributed by atoms with Crippen LogP contribution in [0.1, 0.15) is 44.1 Å². The highest BCUT2D eigenvalue weighted by Crippen LogP contribution is 2.38. The van der Waals surface area contributed by atoms with E-state index < -0.39 is 0 Å². The molecule has 1 heterocycles. The summed E-state index contributed by atoms with van der Waals surface area (Å²) in [6.07, 6.45) is 4.27. The van der Waals surface area contributed by atoms with Crippen molar-refractivity contribution in [3.8, 4) is 0 Å². The Bertz CT molecular complexity index is 565. The van der Waals surface area contributed by atoms with Gasteiger partial charge in [0, 0.05) is 0 Å². The Labute approximate surface area is 107 Å². The molecule has 1 aliphatic carbocycles. The Morgan fingerprint density at radius 2 is 2.06 bits per heavy atom. The van der Waals surface area contributed by atoms with Gasteiger partial charge in [0.05, 0.1) is 5.54 Å². The summed E-state index contributed by atoms with van der Waals surface area (Å²) in [4.78, 5) is 4.60. The van der Waals surface area contributed by atoms with Crippen LogP contribution in [0, 0.1) is 12.8 Å². The van der Waals surface area contributed by atoms with Gasteiger partial charge in [0.15, 0.2) is 5.58 Å². The Kier molecular flexibility index (Phi) is 2.67. The molecular weight excluding hydrogens is 224 g/mol. The molecule has 3 nitrogen and oxygen atoms in total. The quantitative estimate of drug-likeness (QED) is 0.835. The van der Waals surface area contributed by atoms with Crippen molar-refractivity contribution in [2.24, 2.45) is 11.7 Å². The number of nitrogens with zero attached hydrogens (tertiary/aromatic N) is 1. The molecule has 1 fully saturated rings. The highest BCUT2D eigenvalue weighted by molar-refractivity contribution is 5.76. The summed E-state index contributed by atoms with van der Waals surface area (Å²) in [5.41, 5.74) is 9.07.